The number of carbonyl (C=O) groups excluding carboxylic acids is 1. The summed E-state index contributed by atoms with van der Waals surface area (Å²) in [6.07, 6.45) is 3.43. The quantitative estimate of drug-likeness (QED) is 0.874. The maximum absolute atomic E-state index is 12.2. The van der Waals surface area contributed by atoms with Crippen molar-refractivity contribution < 1.29 is 9.42 Å². The first kappa shape index (κ1) is 16.6. The Morgan fingerprint density at radius 1 is 1.33 bits per heavy atom. The molecule has 0 bridgehead atoms. The van der Waals surface area contributed by atoms with E-state index in [0.717, 1.165) is 38.9 Å². The van der Waals surface area contributed by atoms with Gasteiger partial charge in [-0.2, -0.15) is 0 Å². The van der Waals surface area contributed by atoms with Gasteiger partial charge in [0.05, 0.1) is 6.42 Å². The summed E-state index contributed by atoms with van der Waals surface area (Å²) in [6.45, 7) is 4.84. The van der Waals surface area contributed by atoms with Crippen molar-refractivity contribution in [3.8, 4) is 0 Å². The van der Waals surface area contributed by atoms with Gasteiger partial charge in [0.1, 0.15) is 11.4 Å². The van der Waals surface area contributed by atoms with Crippen LogP contribution in [0.3, 0.4) is 0 Å². The molecule has 6 nitrogen and oxygen atoms in total. The van der Waals surface area contributed by atoms with E-state index in [4.69, 9.17) is 0 Å². The van der Waals surface area contributed by atoms with Crippen molar-refractivity contribution >= 4 is 5.91 Å². The van der Waals surface area contributed by atoms with Crippen LogP contribution in [0.4, 0.5) is 0 Å². The van der Waals surface area contributed by atoms with Crippen molar-refractivity contribution in [3.05, 3.63) is 47.3 Å². The van der Waals surface area contributed by atoms with Gasteiger partial charge in [-0.15, -0.1) is 0 Å². The van der Waals surface area contributed by atoms with Gasteiger partial charge in [-0.25, -0.2) is 4.63 Å². The van der Waals surface area contributed by atoms with E-state index in [0.29, 0.717) is 11.4 Å². The number of hydrogen-bond donors (Lipinski definition) is 1. The number of hydrogen-bond acceptors (Lipinski definition) is 5. The fourth-order valence-corrected chi connectivity index (χ4v) is 3.15. The minimum Gasteiger partial charge on any atom is -0.352 e. The van der Waals surface area contributed by atoms with Gasteiger partial charge in [0, 0.05) is 19.1 Å². The third kappa shape index (κ3) is 4.64. The second-order valence-electron chi connectivity index (χ2n) is 6.42. The molecule has 1 fully saturated rings. The van der Waals surface area contributed by atoms with E-state index in [1.165, 1.54) is 5.56 Å². The molecular formula is C18H24N4O2. The lowest BCUT2D eigenvalue weighted by atomic mass is 10.0. The zero-order chi connectivity index (χ0) is 16.8. The van der Waals surface area contributed by atoms with E-state index in [-0.39, 0.29) is 18.4 Å². The van der Waals surface area contributed by atoms with Crippen molar-refractivity contribution in [3.63, 3.8) is 0 Å². The van der Waals surface area contributed by atoms with Crippen LogP contribution >= 0.6 is 0 Å². The molecule has 1 amide bonds. The van der Waals surface area contributed by atoms with Gasteiger partial charge in [0.15, 0.2) is 0 Å². The Kier molecular flexibility index (Phi) is 5.59. The fourth-order valence-electron chi connectivity index (χ4n) is 3.15. The molecule has 3 rings (SSSR count). The molecule has 1 atom stereocenters. The first-order valence-electron chi connectivity index (χ1n) is 8.54. The molecule has 128 valence electrons. The summed E-state index contributed by atoms with van der Waals surface area (Å²) in [4.78, 5) is 14.6. The van der Waals surface area contributed by atoms with Crippen LogP contribution in [0.25, 0.3) is 0 Å². The van der Waals surface area contributed by atoms with Crippen LogP contribution in [0.2, 0.25) is 0 Å². The van der Waals surface area contributed by atoms with Crippen LogP contribution in [-0.4, -0.2) is 46.8 Å². The highest BCUT2D eigenvalue weighted by atomic mass is 16.6. The number of likely N-dealkylation sites (tertiary alicyclic amines) is 1. The van der Waals surface area contributed by atoms with Gasteiger partial charge < -0.3 is 10.2 Å². The van der Waals surface area contributed by atoms with Crippen molar-refractivity contribution in [2.24, 2.45) is 0 Å². The highest BCUT2D eigenvalue weighted by molar-refractivity contribution is 5.78. The second-order valence-corrected chi connectivity index (χ2v) is 6.42. The van der Waals surface area contributed by atoms with Gasteiger partial charge in [-0.05, 0) is 38.3 Å². The minimum absolute atomic E-state index is 0.0105. The summed E-state index contributed by atoms with van der Waals surface area (Å²) in [5.41, 5.74) is 2.65. The van der Waals surface area contributed by atoms with Gasteiger partial charge in [0.2, 0.25) is 5.91 Å². The molecule has 2 heterocycles. The standard InChI is InChI=1S/C18H24N4O2/c1-14-17(21-24-20-14)12-18(23)19-16-8-5-10-22(13-16)11-9-15-6-3-2-4-7-15/h2-4,6-7,16H,5,8-13H2,1H3,(H,19,23). The van der Waals surface area contributed by atoms with Crippen LogP contribution in [0.15, 0.2) is 35.0 Å². The molecule has 0 spiro atoms. The van der Waals surface area contributed by atoms with Crippen LogP contribution in [0, 0.1) is 6.92 Å². The van der Waals surface area contributed by atoms with Crippen molar-refractivity contribution in [2.45, 2.75) is 38.6 Å². The smallest absolute Gasteiger partial charge is 0.226 e. The maximum atomic E-state index is 12.2. The van der Waals surface area contributed by atoms with Crippen molar-refractivity contribution in [2.75, 3.05) is 19.6 Å². The molecule has 1 aromatic heterocycles. The molecule has 1 aliphatic heterocycles. The highest BCUT2D eigenvalue weighted by Crippen LogP contribution is 2.12. The number of piperidine rings is 1. The second kappa shape index (κ2) is 8.06. The summed E-state index contributed by atoms with van der Waals surface area (Å²) >= 11 is 0. The van der Waals surface area contributed by atoms with Gasteiger partial charge >= 0.3 is 0 Å². The number of aromatic nitrogens is 2. The normalized spacial score (nSPS) is 18.5. The number of rotatable bonds is 6. The minimum atomic E-state index is -0.0105. The Balaban J connectivity index is 1.45. The number of nitrogens with one attached hydrogen (secondary N) is 1. The molecule has 24 heavy (non-hydrogen) atoms. The van der Waals surface area contributed by atoms with Gasteiger partial charge in [-0.3, -0.25) is 4.79 Å². The molecule has 1 unspecified atom stereocenters. The Hall–Kier alpha value is -2.21. The number of carbonyl (C=O) groups is 1. The Morgan fingerprint density at radius 2 is 2.17 bits per heavy atom. The molecule has 1 saturated heterocycles. The molecule has 0 aliphatic carbocycles. The monoisotopic (exact) mass is 328 g/mol. The van der Waals surface area contributed by atoms with E-state index >= 15 is 0 Å². The fraction of sp³-hybridized carbons (Fsp3) is 0.500. The molecule has 1 N–H and O–H groups in total. The molecule has 1 aromatic carbocycles. The molecule has 1 aliphatic rings. The van der Waals surface area contributed by atoms with Gasteiger partial charge in [0.25, 0.3) is 0 Å². The predicted molar refractivity (Wildman–Crippen MR) is 90.5 cm³/mol. The number of benzene rings is 1. The average Bonchev–Trinajstić information content (AvgIpc) is 2.99. The predicted octanol–water partition coefficient (Wildman–Crippen LogP) is 1.74. The molecule has 2 aromatic rings. The molecule has 0 saturated carbocycles. The summed E-state index contributed by atoms with van der Waals surface area (Å²) in [5, 5.41) is 10.6. The summed E-state index contributed by atoms with van der Waals surface area (Å²) in [7, 11) is 0. The third-order valence-corrected chi connectivity index (χ3v) is 4.50. The Bertz CT molecular complexity index is 656. The summed E-state index contributed by atoms with van der Waals surface area (Å²) in [6, 6.07) is 10.7. The summed E-state index contributed by atoms with van der Waals surface area (Å²) in [5.74, 6) is -0.0105. The first-order valence-corrected chi connectivity index (χ1v) is 8.54. The highest BCUT2D eigenvalue weighted by Gasteiger charge is 2.22. The van der Waals surface area contributed by atoms with E-state index in [9.17, 15) is 4.79 Å². The van der Waals surface area contributed by atoms with Crippen LogP contribution in [0.5, 0.6) is 0 Å². The average molecular weight is 328 g/mol. The van der Waals surface area contributed by atoms with Crippen LogP contribution in [0.1, 0.15) is 29.8 Å². The molecule has 6 heteroatoms. The lowest BCUT2D eigenvalue weighted by Crippen LogP contribution is -2.48. The zero-order valence-corrected chi connectivity index (χ0v) is 14.1. The Morgan fingerprint density at radius 3 is 2.92 bits per heavy atom. The van der Waals surface area contributed by atoms with E-state index in [2.05, 4.69) is 49.4 Å². The third-order valence-electron chi connectivity index (χ3n) is 4.50. The van der Waals surface area contributed by atoms with Crippen molar-refractivity contribution in [1.82, 2.24) is 20.5 Å². The lowest BCUT2D eigenvalue weighted by Gasteiger charge is -2.33. The van der Waals surface area contributed by atoms with Crippen LogP contribution < -0.4 is 5.32 Å². The molecular weight excluding hydrogens is 304 g/mol. The van der Waals surface area contributed by atoms with Crippen molar-refractivity contribution in [1.29, 1.82) is 0 Å². The van der Waals surface area contributed by atoms with E-state index in [1.807, 2.05) is 6.07 Å². The van der Waals surface area contributed by atoms with E-state index in [1.54, 1.807) is 6.92 Å². The number of amides is 1. The lowest BCUT2D eigenvalue weighted by molar-refractivity contribution is -0.121. The summed E-state index contributed by atoms with van der Waals surface area (Å²) < 4.78 is 4.64. The SMILES string of the molecule is Cc1nonc1CC(=O)NC1CCCN(CCc2ccccc2)C1. The van der Waals surface area contributed by atoms with E-state index < -0.39 is 0 Å². The maximum Gasteiger partial charge on any atom is 0.226 e. The largest absolute Gasteiger partial charge is 0.352 e. The number of nitrogens with zero attached hydrogens (tertiary/aromatic N) is 3. The topological polar surface area (TPSA) is 71.3 Å². The van der Waals surface area contributed by atoms with Gasteiger partial charge in [-0.1, -0.05) is 40.6 Å². The molecule has 0 radical (unpaired) electrons. The van der Waals surface area contributed by atoms with Crippen LogP contribution in [-0.2, 0) is 17.6 Å². The number of aryl methyl sites for hydroxylation is 1. The Labute approximate surface area is 142 Å². The zero-order valence-electron chi connectivity index (χ0n) is 14.1. The first-order chi connectivity index (χ1) is 11.7.